The Labute approximate surface area is 199 Å². The summed E-state index contributed by atoms with van der Waals surface area (Å²) in [6.45, 7) is 4.46. The molecule has 0 aliphatic carbocycles. The maximum atomic E-state index is 13.8. The van der Waals surface area contributed by atoms with Gasteiger partial charge in [-0.15, -0.1) is 5.10 Å². The maximum absolute atomic E-state index is 13.8. The number of aromatic nitrogens is 4. The lowest BCUT2D eigenvalue weighted by Gasteiger charge is -2.28. The first-order valence-corrected chi connectivity index (χ1v) is 11.0. The number of nitrogens with zero attached hydrogens (tertiary/aromatic N) is 5. The third kappa shape index (κ3) is 5.15. The third-order valence-corrected chi connectivity index (χ3v) is 5.69. The number of carbonyl (C=O) groups excluding carboxylic acids is 1. The fourth-order valence-corrected chi connectivity index (χ4v) is 3.91. The fraction of sp³-hybridized carbons (Fsp3) is 0.455. The third-order valence-electron chi connectivity index (χ3n) is 5.69. The highest BCUT2D eigenvalue weighted by Crippen LogP contribution is 2.37. The van der Waals surface area contributed by atoms with Gasteiger partial charge in [0.25, 0.3) is 5.91 Å². The van der Waals surface area contributed by atoms with E-state index in [1.54, 1.807) is 20.1 Å². The number of alkyl halides is 3. The zero-order valence-electron chi connectivity index (χ0n) is 19.4. The quantitative estimate of drug-likeness (QED) is 0.481. The molecule has 4 rings (SSSR count). The molecular weight excluding hydrogens is 467 g/mol. The Hall–Kier alpha value is -3.45. The van der Waals surface area contributed by atoms with Gasteiger partial charge in [0.05, 0.1) is 35.6 Å². The van der Waals surface area contributed by atoms with E-state index in [1.807, 2.05) is 4.90 Å². The van der Waals surface area contributed by atoms with Crippen molar-refractivity contribution in [2.75, 3.05) is 57.2 Å². The van der Waals surface area contributed by atoms with Gasteiger partial charge in [0.1, 0.15) is 11.3 Å². The molecule has 0 saturated carbocycles. The Morgan fingerprint density at radius 1 is 1.29 bits per heavy atom. The van der Waals surface area contributed by atoms with Crippen LogP contribution in [0.25, 0.3) is 16.9 Å². The van der Waals surface area contributed by atoms with Crippen LogP contribution in [0, 0.1) is 6.92 Å². The topological polar surface area (TPSA) is 120 Å². The van der Waals surface area contributed by atoms with Crippen LogP contribution in [-0.2, 0) is 15.7 Å². The number of nitrogens with two attached hydrogens (primary N) is 1. The lowest BCUT2D eigenvalue weighted by atomic mass is 10.1. The van der Waals surface area contributed by atoms with Gasteiger partial charge >= 0.3 is 6.18 Å². The first kappa shape index (κ1) is 24.7. The second-order valence-electron chi connectivity index (χ2n) is 8.05. The van der Waals surface area contributed by atoms with Crippen molar-refractivity contribution in [2.45, 2.75) is 19.5 Å². The Kier molecular flexibility index (Phi) is 7.08. The molecule has 35 heavy (non-hydrogen) atoms. The van der Waals surface area contributed by atoms with Crippen LogP contribution in [0.1, 0.15) is 28.0 Å². The van der Waals surface area contributed by atoms with Crippen LogP contribution in [0.4, 0.5) is 24.8 Å². The summed E-state index contributed by atoms with van der Waals surface area (Å²) in [7, 11) is 1.58. The van der Waals surface area contributed by atoms with Crippen molar-refractivity contribution < 1.29 is 27.4 Å². The second-order valence-corrected chi connectivity index (χ2v) is 8.05. The lowest BCUT2D eigenvalue weighted by molar-refractivity contribution is -0.137. The van der Waals surface area contributed by atoms with Crippen LogP contribution in [0.2, 0.25) is 0 Å². The average molecular weight is 493 g/mol. The number of nitrogen functional groups attached to an aromatic ring is 1. The summed E-state index contributed by atoms with van der Waals surface area (Å²) in [4.78, 5) is 23.1. The molecule has 4 heterocycles. The fourth-order valence-electron chi connectivity index (χ4n) is 3.91. The molecule has 0 radical (unpaired) electrons. The highest BCUT2D eigenvalue weighted by molar-refractivity contribution is 5.98. The summed E-state index contributed by atoms with van der Waals surface area (Å²) in [5.74, 6) is -0.349. The summed E-state index contributed by atoms with van der Waals surface area (Å²) in [6, 6.07) is 2.42. The van der Waals surface area contributed by atoms with Gasteiger partial charge in [-0.25, -0.2) is 14.5 Å². The Morgan fingerprint density at radius 3 is 2.71 bits per heavy atom. The van der Waals surface area contributed by atoms with Crippen molar-refractivity contribution >= 4 is 23.1 Å². The van der Waals surface area contributed by atoms with Gasteiger partial charge < -0.3 is 25.4 Å². The zero-order chi connectivity index (χ0) is 25.2. The van der Waals surface area contributed by atoms with Gasteiger partial charge in [-0.1, -0.05) is 0 Å². The number of halogens is 3. The summed E-state index contributed by atoms with van der Waals surface area (Å²) in [5.41, 5.74) is 5.57. The molecule has 10 nitrogen and oxygen atoms in total. The van der Waals surface area contributed by atoms with Gasteiger partial charge in [0.15, 0.2) is 11.6 Å². The molecule has 1 fully saturated rings. The number of fused-ring (bicyclic) bond motifs is 1. The number of anilines is 2. The number of amides is 1. The number of nitrogens with one attached hydrogen (secondary N) is 1. The molecule has 0 bridgehead atoms. The largest absolute Gasteiger partial charge is 0.417 e. The van der Waals surface area contributed by atoms with Crippen LogP contribution in [-0.4, -0.2) is 72.1 Å². The molecule has 188 valence electrons. The number of methoxy groups -OCH3 is 1. The molecule has 0 spiro atoms. The molecule has 3 N–H and O–H groups in total. The summed E-state index contributed by atoms with van der Waals surface area (Å²) in [6.07, 6.45) is -3.03. The van der Waals surface area contributed by atoms with Crippen LogP contribution >= 0.6 is 0 Å². The highest BCUT2D eigenvalue weighted by atomic mass is 19.4. The molecule has 1 amide bonds. The van der Waals surface area contributed by atoms with Crippen molar-refractivity contribution in [3.63, 3.8) is 0 Å². The summed E-state index contributed by atoms with van der Waals surface area (Å²) in [5, 5.41) is 7.21. The second kappa shape index (κ2) is 10.0. The first-order chi connectivity index (χ1) is 16.7. The predicted molar refractivity (Wildman–Crippen MR) is 122 cm³/mol. The van der Waals surface area contributed by atoms with Crippen molar-refractivity contribution in [1.82, 2.24) is 24.9 Å². The number of aryl methyl sites for hydroxylation is 1. The number of pyridine rings is 1. The molecule has 1 aliphatic rings. The Bertz CT molecular complexity index is 1220. The van der Waals surface area contributed by atoms with Crippen LogP contribution < -0.4 is 16.0 Å². The van der Waals surface area contributed by atoms with E-state index in [2.05, 4.69) is 20.4 Å². The molecule has 1 saturated heterocycles. The normalized spacial score (nSPS) is 14.5. The van der Waals surface area contributed by atoms with Crippen molar-refractivity contribution in [3.8, 4) is 11.4 Å². The van der Waals surface area contributed by atoms with Gasteiger partial charge in [-0.3, -0.25) is 4.79 Å². The Balaban J connectivity index is 1.85. The maximum Gasteiger partial charge on any atom is 0.417 e. The van der Waals surface area contributed by atoms with Gasteiger partial charge in [0.2, 0.25) is 0 Å². The summed E-state index contributed by atoms with van der Waals surface area (Å²) >= 11 is 0. The van der Waals surface area contributed by atoms with Gasteiger partial charge in [-0.05, 0) is 25.5 Å². The number of morpholine rings is 1. The van der Waals surface area contributed by atoms with E-state index in [0.29, 0.717) is 68.5 Å². The highest BCUT2D eigenvalue weighted by Gasteiger charge is 2.36. The molecular formula is C22H26F3N7O3. The monoisotopic (exact) mass is 493 g/mol. The van der Waals surface area contributed by atoms with Crippen molar-refractivity contribution in [3.05, 3.63) is 35.2 Å². The van der Waals surface area contributed by atoms with Crippen molar-refractivity contribution in [2.24, 2.45) is 0 Å². The van der Waals surface area contributed by atoms with E-state index < -0.39 is 11.7 Å². The average Bonchev–Trinajstić information content (AvgIpc) is 3.17. The number of hydrogen-bond acceptors (Lipinski definition) is 8. The molecule has 13 heteroatoms. The smallest absolute Gasteiger partial charge is 0.385 e. The minimum absolute atomic E-state index is 0.176. The van der Waals surface area contributed by atoms with Crippen LogP contribution in [0.15, 0.2) is 18.3 Å². The minimum Gasteiger partial charge on any atom is -0.385 e. The van der Waals surface area contributed by atoms with Crippen LogP contribution in [0.3, 0.4) is 0 Å². The predicted octanol–water partition coefficient (Wildman–Crippen LogP) is 2.30. The van der Waals surface area contributed by atoms with Gasteiger partial charge in [0, 0.05) is 39.5 Å². The number of carbonyl (C=O) groups is 1. The van der Waals surface area contributed by atoms with Crippen molar-refractivity contribution in [1.29, 1.82) is 0 Å². The number of rotatable bonds is 7. The van der Waals surface area contributed by atoms with E-state index in [9.17, 15) is 18.0 Å². The van der Waals surface area contributed by atoms with E-state index in [0.717, 1.165) is 12.3 Å². The van der Waals surface area contributed by atoms with E-state index in [-0.39, 0.29) is 23.1 Å². The Morgan fingerprint density at radius 2 is 2.03 bits per heavy atom. The minimum atomic E-state index is -4.69. The lowest BCUT2D eigenvalue weighted by Crippen LogP contribution is -2.37. The summed E-state index contributed by atoms with van der Waals surface area (Å²) < 4.78 is 53.3. The molecule has 3 aromatic rings. The van der Waals surface area contributed by atoms with E-state index in [1.165, 1.54) is 4.52 Å². The van der Waals surface area contributed by atoms with Crippen LogP contribution in [0.5, 0.6) is 0 Å². The van der Waals surface area contributed by atoms with Gasteiger partial charge in [-0.2, -0.15) is 13.2 Å². The zero-order valence-corrected chi connectivity index (χ0v) is 19.4. The molecule has 3 aromatic heterocycles. The molecule has 0 atom stereocenters. The number of hydrogen-bond donors (Lipinski definition) is 2. The first-order valence-electron chi connectivity index (χ1n) is 11.0. The number of ether oxygens (including phenoxy) is 2. The molecule has 1 aliphatic heterocycles. The van der Waals surface area contributed by atoms with E-state index >= 15 is 0 Å². The van der Waals surface area contributed by atoms with E-state index in [4.69, 9.17) is 15.2 Å². The molecule has 0 aromatic carbocycles. The molecule has 0 unspecified atom stereocenters. The standard InChI is InChI=1S/C22H26F3N7O3/c1-13-14(21(33)27-4-3-7-34-2)10-17-20(31-5-8-35-9-6-31)29-19(30-32(13)17)15-12-28-18(26)11-16(15)22(23,24)25/h10-12H,3-9H2,1-2H3,(H2,26,28)(H,27,33). The SMILES string of the molecule is COCCCNC(=O)c1cc2c(N3CCOCC3)nc(-c3cnc(N)cc3C(F)(F)F)nn2c1C.